The van der Waals surface area contributed by atoms with Crippen LogP contribution in [0.5, 0.6) is 5.75 Å². The Bertz CT molecular complexity index is 1030. The summed E-state index contributed by atoms with van der Waals surface area (Å²) in [5.41, 5.74) is 3.42. The third kappa shape index (κ3) is 5.51. The number of nitrogens with one attached hydrogen (secondary N) is 2. The van der Waals surface area contributed by atoms with E-state index < -0.39 is 35.4 Å². The van der Waals surface area contributed by atoms with Gasteiger partial charge in [0.05, 0.1) is 22.2 Å². The second-order valence-corrected chi connectivity index (χ2v) is 10.2. The Morgan fingerprint density at radius 1 is 1.36 bits per heavy atom. The summed E-state index contributed by atoms with van der Waals surface area (Å²) in [7, 11) is 0. The summed E-state index contributed by atoms with van der Waals surface area (Å²) in [5.74, 6) is -0.804. The van der Waals surface area contributed by atoms with E-state index in [0.29, 0.717) is 12.0 Å². The fraction of sp³-hybridized carbons (Fsp3) is 0.478. The number of aryl methyl sites for hydroxylation is 1. The maximum absolute atomic E-state index is 13.1. The van der Waals surface area contributed by atoms with Gasteiger partial charge in [0.2, 0.25) is 18.2 Å². The van der Waals surface area contributed by atoms with Crippen LogP contribution in [0, 0.1) is 12.3 Å². The summed E-state index contributed by atoms with van der Waals surface area (Å²) in [6.45, 7) is 7.42. The van der Waals surface area contributed by atoms with E-state index >= 15 is 0 Å². The summed E-state index contributed by atoms with van der Waals surface area (Å²) in [5, 5.41) is 25.9. The fourth-order valence-corrected chi connectivity index (χ4v) is 4.77. The summed E-state index contributed by atoms with van der Waals surface area (Å²) in [6.07, 6.45) is -0.266. The van der Waals surface area contributed by atoms with Crippen molar-refractivity contribution >= 4 is 29.6 Å². The molecule has 1 aliphatic heterocycles. The maximum atomic E-state index is 13.1. The first-order chi connectivity index (χ1) is 15.5. The first kappa shape index (κ1) is 24.7. The van der Waals surface area contributed by atoms with Gasteiger partial charge in [0.1, 0.15) is 17.8 Å². The summed E-state index contributed by atoms with van der Waals surface area (Å²) in [6, 6.07) is 3.53. The molecule has 1 fully saturated rings. The Hall–Kier alpha value is -2.98. The Morgan fingerprint density at radius 3 is 2.67 bits per heavy atom. The van der Waals surface area contributed by atoms with Crippen LogP contribution >= 0.6 is 11.3 Å². The van der Waals surface area contributed by atoms with Gasteiger partial charge in [-0.25, -0.2) is 4.98 Å². The lowest BCUT2D eigenvalue weighted by atomic mass is 9.85. The number of likely N-dealkylation sites (tertiary alicyclic amines) is 1. The molecule has 1 aliphatic rings. The lowest BCUT2D eigenvalue weighted by Crippen LogP contribution is -2.56. The van der Waals surface area contributed by atoms with Gasteiger partial charge in [-0.2, -0.15) is 0 Å². The van der Waals surface area contributed by atoms with E-state index in [-0.39, 0.29) is 25.3 Å². The molecular weight excluding hydrogens is 444 g/mol. The molecule has 1 saturated heterocycles. The van der Waals surface area contributed by atoms with Gasteiger partial charge in [-0.3, -0.25) is 14.4 Å². The molecule has 2 aromatic rings. The number of aromatic hydroxyl groups is 1. The van der Waals surface area contributed by atoms with Gasteiger partial charge < -0.3 is 25.7 Å². The van der Waals surface area contributed by atoms with Crippen LogP contribution in [0.2, 0.25) is 0 Å². The van der Waals surface area contributed by atoms with Crippen LogP contribution in [0.4, 0.5) is 0 Å². The van der Waals surface area contributed by atoms with Crippen molar-refractivity contribution in [3.8, 4) is 16.2 Å². The third-order valence-electron chi connectivity index (χ3n) is 5.76. The number of phenolic OH excluding ortho intramolecular Hbond substituents is 1. The SMILES string of the molecule is Cc1ncsc1-c1ccc(CNC(=O)C2CC(O)CN2C(=O)C(NC=O)C(C)(C)C)c(O)c1. The van der Waals surface area contributed by atoms with Crippen LogP contribution in [0.3, 0.4) is 0 Å². The molecule has 1 aromatic heterocycles. The van der Waals surface area contributed by atoms with Gasteiger partial charge in [0, 0.05) is 25.1 Å². The molecule has 3 amide bonds. The van der Waals surface area contributed by atoms with Crippen molar-refractivity contribution < 1.29 is 24.6 Å². The molecule has 4 N–H and O–H groups in total. The Kier molecular flexibility index (Phi) is 7.38. The number of aliphatic hydroxyl groups excluding tert-OH is 1. The van der Waals surface area contributed by atoms with Crippen molar-refractivity contribution in [2.45, 2.75) is 58.8 Å². The van der Waals surface area contributed by atoms with Crippen molar-refractivity contribution in [1.82, 2.24) is 20.5 Å². The quantitative estimate of drug-likeness (QED) is 0.451. The van der Waals surface area contributed by atoms with Crippen LogP contribution < -0.4 is 10.6 Å². The van der Waals surface area contributed by atoms with Crippen molar-refractivity contribution in [3.63, 3.8) is 0 Å². The second kappa shape index (κ2) is 9.88. The molecule has 3 atom stereocenters. The molecule has 10 heteroatoms. The average Bonchev–Trinajstić information content (AvgIpc) is 3.35. The van der Waals surface area contributed by atoms with E-state index in [1.54, 1.807) is 17.6 Å². The van der Waals surface area contributed by atoms with E-state index in [0.717, 1.165) is 16.1 Å². The van der Waals surface area contributed by atoms with Crippen molar-refractivity contribution in [3.05, 3.63) is 35.0 Å². The van der Waals surface area contributed by atoms with E-state index in [2.05, 4.69) is 15.6 Å². The molecule has 3 unspecified atom stereocenters. The first-order valence-corrected chi connectivity index (χ1v) is 11.6. The van der Waals surface area contributed by atoms with Crippen LogP contribution in [0.1, 0.15) is 38.4 Å². The van der Waals surface area contributed by atoms with Crippen molar-refractivity contribution in [2.24, 2.45) is 5.41 Å². The number of β-amino-alcohol motifs (C(OH)–C–C–N with tert-alkyl or cyclic N) is 1. The number of aromatic nitrogens is 1. The number of rotatable bonds is 7. The molecule has 3 rings (SSSR count). The van der Waals surface area contributed by atoms with Crippen LogP contribution in [0.15, 0.2) is 23.7 Å². The number of hydrogen-bond acceptors (Lipinski definition) is 7. The Morgan fingerprint density at radius 2 is 2.09 bits per heavy atom. The van der Waals surface area contributed by atoms with Gasteiger partial charge in [-0.15, -0.1) is 11.3 Å². The number of nitrogens with zero attached hydrogens (tertiary/aromatic N) is 2. The van der Waals surface area contributed by atoms with E-state index in [9.17, 15) is 24.6 Å². The van der Waals surface area contributed by atoms with E-state index in [4.69, 9.17) is 0 Å². The maximum Gasteiger partial charge on any atom is 0.246 e. The monoisotopic (exact) mass is 474 g/mol. The summed E-state index contributed by atoms with van der Waals surface area (Å²) in [4.78, 5) is 43.6. The predicted octanol–water partition coefficient (Wildman–Crippen LogP) is 1.56. The van der Waals surface area contributed by atoms with Gasteiger partial charge in [-0.05, 0) is 24.0 Å². The number of thiazole rings is 1. The van der Waals surface area contributed by atoms with Crippen LogP contribution in [0.25, 0.3) is 10.4 Å². The van der Waals surface area contributed by atoms with Gasteiger partial charge in [-0.1, -0.05) is 32.9 Å². The Labute approximate surface area is 196 Å². The number of carbonyl (C=O) groups excluding carboxylic acids is 3. The highest BCUT2D eigenvalue weighted by molar-refractivity contribution is 7.13. The zero-order valence-corrected chi connectivity index (χ0v) is 20.0. The number of carbonyl (C=O) groups is 3. The van der Waals surface area contributed by atoms with Gasteiger partial charge in [0.25, 0.3) is 0 Å². The molecule has 2 heterocycles. The zero-order valence-electron chi connectivity index (χ0n) is 19.2. The minimum absolute atomic E-state index is 0.0121. The van der Waals surface area contributed by atoms with E-state index in [1.807, 2.05) is 33.8 Å². The third-order valence-corrected chi connectivity index (χ3v) is 6.74. The lowest BCUT2D eigenvalue weighted by Gasteiger charge is -2.34. The Balaban J connectivity index is 1.70. The molecule has 178 valence electrons. The summed E-state index contributed by atoms with van der Waals surface area (Å²) < 4.78 is 0. The number of aliphatic hydroxyl groups is 1. The smallest absolute Gasteiger partial charge is 0.246 e. The number of phenols is 1. The highest BCUT2D eigenvalue weighted by Gasteiger charge is 2.43. The van der Waals surface area contributed by atoms with Crippen LogP contribution in [-0.2, 0) is 20.9 Å². The van der Waals surface area contributed by atoms with Crippen LogP contribution in [-0.4, -0.2) is 63.1 Å². The second-order valence-electron chi connectivity index (χ2n) is 9.31. The molecule has 9 nitrogen and oxygen atoms in total. The molecule has 0 radical (unpaired) electrons. The molecule has 0 saturated carbocycles. The fourth-order valence-electron chi connectivity index (χ4n) is 3.97. The van der Waals surface area contributed by atoms with Crippen molar-refractivity contribution in [2.75, 3.05) is 6.54 Å². The number of amides is 3. The molecule has 0 spiro atoms. The largest absolute Gasteiger partial charge is 0.508 e. The molecule has 33 heavy (non-hydrogen) atoms. The zero-order chi connectivity index (χ0) is 24.3. The molecule has 1 aromatic carbocycles. The average molecular weight is 475 g/mol. The standard InChI is InChI=1S/C23H30N4O5S/c1-13-19(33-12-26-13)14-5-6-15(18(30)7-14)9-24-21(31)17-8-16(29)10-27(17)22(32)20(25-11-28)23(2,3)4/h5-7,11-12,16-17,20,29-30H,8-10H2,1-4H3,(H,24,31)(H,25,28). The number of hydrogen-bond donors (Lipinski definition) is 4. The van der Waals surface area contributed by atoms with Crippen molar-refractivity contribution in [1.29, 1.82) is 0 Å². The molecule has 0 aliphatic carbocycles. The molecule has 0 bridgehead atoms. The highest BCUT2D eigenvalue weighted by Crippen LogP contribution is 2.31. The minimum Gasteiger partial charge on any atom is -0.508 e. The summed E-state index contributed by atoms with van der Waals surface area (Å²) >= 11 is 1.48. The highest BCUT2D eigenvalue weighted by atomic mass is 32.1. The minimum atomic E-state index is -0.868. The van der Waals surface area contributed by atoms with Gasteiger partial charge >= 0.3 is 0 Å². The normalized spacial score (nSPS) is 19.2. The number of benzene rings is 1. The van der Waals surface area contributed by atoms with E-state index in [1.165, 1.54) is 16.2 Å². The predicted molar refractivity (Wildman–Crippen MR) is 124 cm³/mol. The topological polar surface area (TPSA) is 132 Å². The lowest BCUT2D eigenvalue weighted by molar-refractivity contribution is -0.143. The molecular formula is C23H30N4O5S. The first-order valence-electron chi connectivity index (χ1n) is 10.7. The van der Waals surface area contributed by atoms with Gasteiger partial charge in [0.15, 0.2) is 0 Å².